The van der Waals surface area contributed by atoms with Gasteiger partial charge in [0, 0.05) is 12.4 Å². The predicted octanol–water partition coefficient (Wildman–Crippen LogP) is 0.846. The first-order valence-electron chi connectivity index (χ1n) is 7.05. The molecule has 0 fully saturated rings. The molecule has 1 aromatic heterocycles. The van der Waals surface area contributed by atoms with Crippen molar-refractivity contribution >= 4 is 22.8 Å². The van der Waals surface area contributed by atoms with Crippen LogP contribution in [0.1, 0.15) is 24.2 Å². The number of nitrogens with zero attached hydrogens (tertiary/aromatic N) is 1. The molecule has 0 aliphatic carbocycles. The summed E-state index contributed by atoms with van der Waals surface area (Å²) < 4.78 is 6.29. The number of methoxy groups -OCH3 is 1. The van der Waals surface area contributed by atoms with E-state index in [0.717, 1.165) is 0 Å². The largest absolute Gasteiger partial charge is 0.506 e. The third-order valence-electron chi connectivity index (χ3n) is 3.76. The number of amides is 1. The number of aliphatic carboxylic acids is 1. The van der Waals surface area contributed by atoms with Crippen LogP contribution in [0, 0.1) is 0 Å². The summed E-state index contributed by atoms with van der Waals surface area (Å²) in [5.74, 6) is -2.32. The van der Waals surface area contributed by atoms with Gasteiger partial charge in [0.1, 0.15) is 22.6 Å². The summed E-state index contributed by atoms with van der Waals surface area (Å²) in [6.07, 6.45) is 0. The van der Waals surface area contributed by atoms with Crippen molar-refractivity contribution in [3.05, 3.63) is 34.1 Å². The lowest BCUT2D eigenvalue weighted by atomic mass is 10.0. The lowest BCUT2D eigenvalue weighted by Gasteiger charge is -2.21. The van der Waals surface area contributed by atoms with Crippen LogP contribution in [0.5, 0.6) is 11.5 Å². The number of aromatic hydroxyl groups is 1. The minimum absolute atomic E-state index is 0.245. The van der Waals surface area contributed by atoms with E-state index in [9.17, 15) is 19.5 Å². The Labute approximate surface area is 137 Å². The number of pyridine rings is 1. The number of fused-ring (bicyclic) bond motifs is 1. The number of carbonyl (C=O) groups excluding carboxylic acids is 1. The molecule has 0 radical (unpaired) electrons. The number of ether oxygens (including phenoxy) is 1. The molecule has 3 N–H and O–H groups in total. The Morgan fingerprint density at radius 2 is 1.92 bits per heavy atom. The van der Waals surface area contributed by atoms with Crippen molar-refractivity contribution < 1.29 is 24.5 Å². The minimum atomic E-state index is -1.60. The van der Waals surface area contributed by atoms with Gasteiger partial charge in [-0.15, -0.1) is 0 Å². The summed E-state index contributed by atoms with van der Waals surface area (Å²) in [5.41, 5.74) is -2.44. The highest BCUT2D eigenvalue weighted by Crippen LogP contribution is 2.29. The number of carbonyl (C=O) groups is 2. The van der Waals surface area contributed by atoms with E-state index in [2.05, 4.69) is 5.32 Å². The first-order valence-corrected chi connectivity index (χ1v) is 7.05. The van der Waals surface area contributed by atoms with Crippen molar-refractivity contribution in [3.8, 4) is 11.5 Å². The summed E-state index contributed by atoms with van der Waals surface area (Å²) in [6, 6.07) is 4.69. The number of carboxylic acid groups (broad SMARTS) is 1. The van der Waals surface area contributed by atoms with E-state index >= 15 is 0 Å². The fraction of sp³-hybridized carbons (Fsp3) is 0.312. The summed E-state index contributed by atoms with van der Waals surface area (Å²) in [7, 11) is 2.90. The van der Waals surface area contributed by atoms with Gasteiger partial charge in [0.05, 0.1) is 12.6 Å². The van der Waals surface area contributed by atoms with Crippen LogP contribution in [0.25, 0.3) is 10.9 Å². The van der Waals surface area contributed by atoms with E-state index < -0.39 is 34.3 Å². The molecule has 2 rings (SSSR count). The van der Waals surface area contributed by atoms with Crippen molar-refractivity contribution in [2.75, 3.05) is 7.11 Å². The van der Waals surface area contributed by atoms with Crippen LogP contribution in [-0.4, -0.2) is 39.3 Å². The molecule has 0 atom stereocenters. The second kappa shape index (κ2) is 5.88. The maximum atomic E-state index is 12.4. The van der Waals surface area contributed by atoms with Crippen molar-refractivity contribution in [1.29, 1.82) is 0 Å². The number of benzene rings is 1. The van der Waals surface area contributed by atoms with Crippen molar-refractivity contribution in [2.45, 2.75) is 19.4 Å². The van der Waals surface area contributed by atoms with Crippen LogP contribution in [0.4, 0.5) is 0 Å². The fourth-order valence-electron chi connectivity index (χ4n) is 2.24. The van der Waals surface area contributed by atoms with E-state index in [-0.39, 0.29) is 5.39 Å². The average molecular weight is 334 g/mol. The number of carboxylic acids is 1. The third kappa shape index (κ3) is 2.78. The van der Waals surface area contributed by atoms with E-state index in [1.165, 1.54) is 38.6 Å². The van der Waals surface area contributed by atoms with Crippen LogP contribution in [0.3, 0.4) is 0 Å². The molecule has 0 saturated heterocycles. The van der Waals surface area contributed by atoms with Gasteiger partial charge < -0.3 is 24.8 Å². The van der Waals surface area contributed by atoms with Crippen LogP contribution < -0.4 is 15.6 Å². The van der Waals surface area contributed by atoms with Gasteiger partial charge in [0.15, 0.2) is 0 Å². The van der Waals surface area contributed by atoms with Gasteiger partial charge in [-0.25, -0.2) is 4.79 Å². The van der Waals surface area contributed by atoms with Crippen molar-refractivity contribution in [1.82, 2.24) is 9.88 Å². The van der Waals surface area contributed by atoms with E-state index in [0.29, 0.717) is 11.3 Å². The first kappa shape index (κ1) is 17.3. The molecule has 1 heterocycles. The predicted molar refractivity (Wildman–Crippen MR) is 86.6 cm³/mol. The summed E-state index contributed by atoms with van der Waals surface area (Å²) in [4.78, 5) is 35.9. The molecule has 0 spiro atoms. The molecule has 2 aromatic rings. The molecule has 1 aromatic carbocycles. The Morgan fingerprint density at radius 3 is 2.46 bits per heavy atom. The molecular formula is C16H18N2O6. The topological polar surface area (TPSA) is 118 Å². The molecule has 0 aliphatic heterocycles. The number of nitrogens with one attached hydrogen (secondary N) is 1. The zero-order valence-electron chi connectivity index (χ0n) is 13.7. The first-order chi connectivity index (χ1) is 11.1. The highest BCUT2D eigenvalue weighted by molar-refractivity contribution is 6.04. The average Bonchev–Trinajstić information content (AvgIpc) is 2.51. The normalized spacial score (nSPS) is 11.3. The van der Waals surface area contributed by atoms with Crippen LogP contribution in [0.15, 0.2) is 23.0 Å². The Morgan fingerprint density at radius 1 is 1.29 bits per heavy atom. The van der Waals surface area contributed by atoms with E-state index in [1.807, 2.05) is 0 Å². The highest BCUT2D eigenvalue weighted by Gasteiger charge is 2.32. The van der Waals surface area contributed by atoms with Gasteiger partial charge >= 0.3 is 5.97 Å². The molecule has 0 unspecified atom stereocenters. The Bertz CT molecular complexity index is 898. The maximum Gasteiger partial charge on any atom is 0.328 e. The number of aromatic nitrogens is 1. The third-order valence-corrected chi connectivity index (χ3v) is 3.76. The molecule has 0 aliphatic rings. The minimum Gasteiger partial charge on any atom is -0.506 e. The Balaban J connectivity index is 2.68. The van der Waals surface area contributed by atoms with Gasteiger partial charge in [0.25, 0.3) is 11.5 Å². The van der Waals surface area contributed by atoms with Gasteiger partial charge in [-0.3, -0.25) is 9.59 Å². The highest BCUT2D eigenvalue weighted by atomic mass is 16.5. The second-order valence-electron chi connectivity index (χ2n) is 5.86. The number of rotatable bonds is 4. The van der Waals surface area contributed by atoms with Crippen LogP contribution in [0.2, 0.25) is 0 Å². The van der Waals surface area contributed by atoms with E-state index in [4.69, 9.17) is 9.84 Å². The summed E-state index contributed by atoms with van der Waals surface area (Å²) >= 11 is 0. The zero-order chi connectivity index (χ0) is 18.2. The van der Waals surface area contributed by atoms with Crippen molar-refractivity contribution in [2.24, 2.45) is 7.05 Å². The van der Waals surface area contributed by atoms with Crippen LogP contribution in [-0.2, 0) is 11.8 Å². The van der Waals surface area contributed by atoms with Gasteiger partial charge in [-0.1, -0.05) is 0 Å². The van der Waals surface area contributed by atoms with Gasteiger partial charge in [-0.05, 0) is 32.0 Å². The second-order valence-corrected chi connectivity index (χ2v) is 5.86. The van der Waals surface area contributed by atoms with Gasteiger partial charge in [0.2, 0.25) is 0 Å². The number of hydrogen-bond donors (Lipinski definition) is 3. The summed E-state index contributed by atoms with van der Waals surface area (Å²) in [5, 5.41) is 22.0. The SMILES string of the molecule is COc1ccc2c(c1)c(O)c(C(=O)NC(C)(C)C(=O)O)c(=O)n2C. The van der Waals surface area contributed by atoms with Crippen molar-refractivity contribution in [3.63, 3.8) is 0 Å². The maximum absolute atomic E-state index is 12.4. The zero-order valence-corrected chi connectivity index (χ0v) is 13.7. The van der Waals surface area contributed by atoms with E-state index in [1.54, 1.807) is 12.1 Å². The quantitative estimate of drug-likeness (QED) is 0.763. The summed E-state index contributed by atoms with van der Waals surface area (Å²) in [6.45, 7) is 2.55. The molecule has 1 amide bonds. The molecule has 0 bridgehead atoms. The fourth-order valence-corrected chi connectivity index (χ4v) is 2.24. The molecular weight excluding hydrogens is 316 g/mol. The number of aryl methyl sites for hydroxylation is 1. The monoisotopic (exact) mass is 334 g/mol. The molecule has 24 heavy (non-hydrogen) atoms. The smallest absolute Gasteiger partial charge is 0.328 e. The molecule has 8 heteroatoms. The molecule has 8 nitrogen and oxygen atoms in total. The Hall–Kier alpha value is -3.03. The lowest BCUT2D eigenvalue weighted by molar-refractivity contribution is -0.143. The molecule has 0 saturated carbocycles. The van der Waals surface area contributed by atoms with Crippen LogP contribution >= 0.6 is 0 Å². The standard InChI is InChI=1S/C16H18N2O6/c1-16(2,15(22)23)17-13(20)11-12(19)9-7-8(24-4)5-6-10(9)18(3)14(11)21/h5-7,19H,1-4H3,(H,17,20)(H,22,23). The number of hydrogen-bond acceptors (Lipinski definition) is 5. The van der Waals surface area contributed by atoms with Gasteiger partial charge in [-0.2, -0.15) is 0 Å². The Kier molecular flexibility index (Phi) is 4.24. The lowest BCUT2D eigenvalue weighted by Crippen LogP contribution is -2.50. The molecule has 128 valence electrons.